The number of hydrogen-bond acceptors (Lipinski definition) is 2. The Labute approximate surface area is 74.1 Å². The summed E-state index contributed by atoms with van der Waals surface area (Å²) in [5, 5.41) is 7.49. The molecule has 0 atom stereocenters. The van der Waals surface area contributed by atoms with E-state index < -0.39 is 6.09 Å². The van der Waals surface area contributed by atoms with Crippen molar-refractivity contribution in [1.29, 1.82) is 0 Å². The number of carboxylic acid groups (broad SMARTS) is 1. The fraction of sp³-hybridized carbons (Fsp3) is 0.875. The van der Waals surface area contributed by atoms with Gasteiger partial charge in [0.15, 0.2) is 0 Å². The third-order valence-corrected chi connectivity index (χ3v) is 1.33. The van der Waals surface area contributed by atoms with Crippen LogP contribution < -0.4 is 11.3 Å². The molecule has 1 amide bonds. The number of carbonyl (C=O) groups is 1. The molecule has 0 aromatic carbocycles. The largest absolute Gasteiger partial charge is 0.464 e. The zero-order chi connectivity index (χ0) is 9.82. The average molecular weight is 176 g/mol. The van der Waals surface area contributed by atoms with Gasteiger partial charge in [0.05, 0.1) is 0 Å². The van der Waals surface area contributed by atoms with E-state index in [0.717, 1.165) is 0 Å². The monoisotopic (exact) mass is 176 g/mol. The van der Waals surface area contributed by atoms with Crippen LogP contribution in [0.3, 0.4) is 0 Å². The fourth-order valence-electron chi connectivity index (χ4n) is 0.677. The van der Waals surface area contributed by atoms with Crippen molar-refractivity contribution in [3.63, 3.8) is 0 Å². The Hall–Kier alpha value is -0.770. The maximum Gasteiger partial charge on any atom is 0.418 e. The van der Waals surface area contributed by atoms with Crippen molar-refractivity contribution in [2.24, 2.45) is 5.84 Å². The van der Waals surface area contributed by atoms with Crippen molar-refractivity contribution >= 4 is 6.09 Å². The summed E-state index contributed by atoms with van der Waals surface area (Å²) in [6.45, 7) is 4.49. The highest BCUT2D eigenvalue weighted by Crippen LogP contribution is 2.00. The molecule has 12 heavy (non-hydrogen) atoms. The molecule has 4 heteroatoms. The van der Waals surface area contributed by atoms with E-state index in [9.17, 15) is 0 Å². The fourth-order valence-corrected chi connectivity index (χ4v) is 0.677. The third-order valence-electron chi connectivity index (χ3n) is 1.33. The van der Waals surface area contributed by atoms with Gasteiger partial charge in [-0.25, -0.2) is 10.6 Å². The summed E-state index contributed by atoms with van der Waals surface area (Å²) < 4.78 is 0. The first-order chi connectivity index (χ1) is 5.68. The zero-order valence-electron chi connectivity index (χ0n) is 7.97. The highest BCUT2D eigenvalue weighted by atomic mass is 16.4. The molecule has 0 aliphatic carbocycles. The van der Waals surface area contributed by atoms with E-state index in [-0.39, 0.29) is 0 Å². The summed E-state index contributed by atoms with van der Waals surface area (Å²) in [5.41, 5.74) is 1.44. The van der Waals surface area contributed by atoms with Crippen LogP contribution in [-0.4, -0.2) is 11.2 Å². The van der Waals surface area contributed by atoms with Crippen molar-refractivity contribution in [2.45, 2.75) is 46.0 Å². The van der Waals surface area contributed by atoms with E-state index in [1.807, 2.05) is 0 Å². The van der Waals surface area contributed by atoms with Crippen LogP contribution in [-0.2, 0) is 0 Å². The summed E-state index contributed by atoms with van der Waals surface area (Å²) in [6.07, 6.45) is 5.79. The number of hydrogen-bond donors (Lipinski definition) is 3. The molecule has 0 aliphatic heterocycles. The van der Waals surface area contributed by atoms with Crippen molar-refractivity contribution in [1.82, 2.24) is 5.43 Å². The van der Waals surface area contributed by atoms with Crippen LogP contribution in [0.2, 0.25) is 0 Å². The Balaban J connectivity index is 0. The van der Waals surface area contributed by atoms with Crippen molar-refractivity contribution in [3.05, 3.63) is 0 Å². The molecule has 0 saturated carbocycles. The van der Waals surface area contributed by atoms with Crippen LogP contribution in [0.5, 0.6) is 0 Å². The van der Waals surface area contributed by atoms with Gasteiger partial charge < -0.3 is 5.11 Å². The first-order valence-corrected chi connectivity index (χ1v) is 4.38. The molecule has 0 spiro atoms. The van der Waals surface area contributed by atoms with E-state index in [2.05, 4.69) is 19.7 Å². The first kappa shape index (κ1) is 13.8. The number of nitrogens with two attached hydrogens (primary N) is 1. The highest BCUT2D eigenvalue weighted by molar-refractivity contribution is 5.63. The molecule has 0 aromatic rings. The molecule has 0 heterocycles. The van der Waals surface area contributed by atoms with E-state index in [4.69, 9.17) is 9.90 Å². The first-order valence-electron chi connectivity index (χ1n) is 4.38. The zero-order valence-corrected chi connectivity index (χ0v) is 7.97. The number of unbranched alkanes of at least 4 members (excludes halogenated alkanes) is 4. The Morgan fingerprint density at radius 2 is 1.58 bits per heavy atom. The number of amides is 1. The molecule has 0 fully saturated rings. The Bertz CT molecular complexity index is 93.1. The van der Waals surface area contributed by atoms with Crippen molar-refractivity contribution < 1.29 is 9.90 Å². The molecular weight excluding hydrogens is 156 g/mol. The lowest BCUT2D eigenvalue weighted by Gasteiger charge is -1.90. The molecule has 0 radical (unpaired) electrons. The lowest BCUT2D eigenvalue weighted by molar-refractivity contribution is 0.194. The van der Waals surface area contributed by atoms with Gasteiger partial charge in [0, 0.05) is 0 Å². The molecular formula is C8H20N2O2. The van der Waals surface area contributed by atoms with E-state index in [1.165, 1.54) is 37.5 Å². The Morgan fingerprint density at radius 1 is 1.25 bits per heavy atom. The Morgan fingerprint density at radius 3 is 1.75 bits per heavy atom. The van der Waals surface area contributed by atoms with Gasteiger partial charge in [-0.05, 0) is 0 Å². The molecule has 0 aliphatic rings. The summed E-state index contributed by atoms with van der Waals surface area (Å²) in [4.78, 5) is 9.13. The molecule has 0 aromatic heterocycles. The van der Waals surface area contributed by atoms with Crippen LogP contribution in [0.25, 0.3) is 0 Å². The molecule has 0 saturated heterocycles. The van der Waals surface area contributed by atoms with Gasteiger partial charge in [0.2, 0.25) is 0 Å². The lowest BCUT2D eigenvalue weighted by atomic mass is 10.2. The minimum Gasteiger partial charge on any atom is -0.464 e. The molecule has 74 valence electrons. The van der Waals surface area contributed by atoms with Crippen molar-refractivity contribution in [3.8, 4) is 0 Å². The standard InChI is InChI=1S/C7H16.CH4N2O2/c1-3-5-7-6-4-2;2-3-1(4)5/h3-7H2,1-2H3;3H,2H2,(H,4,5). The smallest absolute Gasteiger partial charge is 0.418 e. The highest BCUT2D eigenvalue weighted by Gasteiger charge is 1.80. The molecule has 4 nitrogen and oxygen atoms in total. The maximum absolute atomic E-state index is 9.13. The van der Waals surface area contributed by atoms with Gasteiger partial charge >= 0.3 is 6.09 Å². The number of hydrazine groups is 1. The molecule has 4 N–H and O–H groups in total. The van der Waals surface area contributed by atoms with Crippen LogP contribution in [0.1, 0.15) is 46.0 Å². The SMILES string of the molecule is CCCCCCC.NNC(=O)O. The third kappa shape index (κ3) is 22.9. The predicted octanol–water partition coefficient (Wildman–Crippen LogP) is 2.10. The summed E-state index contributed by atoms with van der Waals surface area (Å²) in [7, 11) is 0. The van der Waals surface area contributed by atoms with Gasteiger partial charge in [0.1, 0.15) is 0 Å². The second-order valence-corrected chi connectivity index (χ2v) is 2.51. The minimum atomic E-state index is -1.22. The van der Waals surface area contributed by atoms with E-state index >= 15 is 0 Å². The summed E-state index contributed by atoms with van der Waals surface area (Å²) in [6, 6.07) is 0. The minimum absolute atomic E-state index is 1.22. The normalized spacial score (nSPS) is 8.25. The van der Waals surface area contributed by atoms with Gasteiger partial charge in [0.25, 0.3) is 0 Å². The molecule has 0 bridgehead atoms. The lowest BCUT2D eigenvalue weighted by Crippen LogP contribution is -2.27. The van der Waals surface area contributed by atoms with E-state index in [1.54, 1.807) is 0 Å². The van der Waals surface area contributed by atoms with Crippen molar-refractivity contribution in [2.75, 3.05) is 0 Å². The number of nitrogens with one attached hydrogen (secondary N) is 1. The van der Waals surface area contributed by atoms with Crippen LogP contribution in [0.15, 0.2) is 0 Å². The summed E-state index contributed by atoms with van der Waals surface area (Å²) >= 11 is 0. The van der Waals surface area contributed by atoms with Crippen LogP contribution in [0.4, 0.5) is 4.79 Å². The van der Waals surface area contributed by atoms with Gasteiger partial charge in [-0.1, -0.05) is 46.0 Å². The Kier molecular flexibility index (Phi) is 14.8. The van der Waals surface area contributed by atoms with Gasteiger partial charge in [-0.15, -0.1) is 0 Å². The molecule has 0 unspecified atom stereocenters. The maximum atomic E-state index is 9.13. The van der Waals surface area contributed by atoms with Crippen LogP contribution in [0, 0.1) is 0 Å². The van der Waals surface area contributed by atoms with Gasteiger partial charge in [-0.3, -0.25) is 5.43 Å². The second kappa shape index (κ2) is 12.9. The number of rotatable bonds is 4. The average Bonchev–Trinajstić information content (AvgIpc) is 2.07. The summed E-state index contributed by atoms with van der Waals surface area (Å²) in [5.74, 6) is 4.32. The second-order valence-electron chi connectivity index (χ2n) is 2.51. The van der Waals surface area contributed by atoms with Gasteiger partial charge in [-0.2, -0.15) is 0 Å². The van der Waals surface area contributed by atoms with Crippen LogP contribution >= 0.6 is 0 Å². The molecule has 0 rings (SSSR count). The quantitative estimate of drug-likeness (QED) is 0.266. The topological polar surface area (TPSA) is 75.3 Å². The predicted molar refractivity (Wildman–Crippen MR) is 49.8 cm³/mol. The van der Waals surface area contributed by atoms with E-state index in [0.29, 0.717) is 0 Å².